The lowest BCUT2D eigenvalue weighted by Crippen LogP contribution is -2.47. The van der Waals surface area contributed by atoms with Crippen LogP contribution in [0.15, 0.2) is 11.3 Å². The zero-order chi connectivity index (χ0) is 12.0. The van der Waals surface area contributed by atoms with Crippen LogP contribution in [0.3, 0.4) is 0 Å². The first-order chi connectivity index (χ1) is 8.16. The largest absolute Gasteiger partial charge is 0.499 e. The number of nitriles is 1. The van der Waals surface area contributed by atoms with E-state index in [1.54, 1.807) is 7.11 Å². The lowest BCUT2D eigenvalue weighted by molar-refractivity contribution is -0.0563. The van der Waals surface area contributed by atoms with Crippen LogP contribution in [0.25, 0.3) is 0 Å². The zero-order valence-electron chi connectivity index (χ0n) is 10.8. The quantitative estimate of drug-likeness (QED) is 0.537. The summed E-state index contributed by atoms with van der Waals surface area (Å²) < 4.78 is 5.64. The molecule has 4 rings (SSSR count). The molecule has 0 heterocycles. The highest BCUT2D eigenvalue weighted by molar-refractivity contribution is 5.29. The average Bonchev–Trinajstić information content (AvgIpc) is 2.27. The third-order valence-electron chi connectivity index (χ3n) is 5.23. The molecule has 2 nitrogen and oxygen atoms in total. The molecule has 0 unspecified atom stereocenters. The molecule has 2 heteroatoms. The summed E-state index contributed by atoms with van der Waals surface area (Å²) in [6, 6.07) is 2.30. The van der Waals surface area contributed by atoms with Gasteiger partial charge in [-0.3, -0.25) is 0 Å². The van der Waals surface area contributed by atoms with E-state index in [1.807, 2.05) is 6.92 Å². The molecule has 0 spiro atoms. The second-order valence-electron chi connectivity index (χ2n) is 6.47. The van der Waals surface area contributed by atoms with Crippen LogP contribution in [0.5, 0.6) is 0 Å². The summed E-state index contributed by atoms with van der Waals surface area (Å²) in [4.78, 5) is 0. The van der Waals surface area contributed by atoms with Gasteiger partial charge in [0.25, 0.3) is 0 Å². The van der Waals surface area contributed by atoms with E-state index in [2.05, 4.69) is 6.07 Å². The molecular formula is C15H21NO. The van der Waals surface area contributed by atoms with Gasteiger partial charge in [0.1, 0.15) is 5.76 Å². The minimum absolute atomic E-state index is 0.226. The van der Waals surface area contributed by atoms with Crippen molar-refractivity contribution in [2.75, 3.05) is 7.11 Å². The van der Waals surface area contributed by atoms with Gasteiger partial charge in [0, 0.05) is 5.41 Å². The molecule has 17 heavy (non-hydrogen) atoms. The zero-order valence-corrected chi connectivity index (χ0v) is 10.8. The highest BCUT2D eigenvalue weighted by atomic mass is 16.5. The Labute approximate surface area is 104 Å². The van der Waals surface area contributed by atoms with Gasteiger partial charge >= 0.3 is 0 Å². The summed E-state index contributed by atoms with van der Waals surface area (Å²) in [7, 11) is 1.74. The Balaban J connectivity index is 1.99. The van der Waals surface area contributed by atoms with Crippen molar-refractivity contribution in [2.45, 2.75) is 45.4 Å². The van der Waals surface area contributed by atoms with Crippen LogP contribution in [0.1, 0.15) is 45.4 Å². The van der Waals surface area contributed by atoms with E-state index < -0.39 is 0 Å². The van der Waals surface area contributed by atoms with Crippen molar-refractivity contribution in [1.29, 1.82) is 5.26 Å². The summed E-state index contributed by atoms with van der Waals surface area (Å²) in [5.41, 5.74) is 1.03. The summed E-state index contributed by atoms with van der Waals surface area (Å²) in [5.74, 6) is 3.72. The fourth-order valence-corrected chi connectivity index (χ4v) is 5.21. The summed E-state index contributed by atoms with van der Waals surface area (Å²) >= 11 is 0. The molecule has 4 aliphatic rings. The van der Waals surface area contributed by atoms with Crippen LogP contribution in [0, 0.1) is 34.5 Å². The lowest BCUT2D eigenvalue weighted by Gasteiger charge is -2.57. The first kappa shape index (κ1) is 11.1. The molecule has 0 aromatic carbocycles. The van der Waals surface area contributed by atoms with E-state index in [-0.39, 0.29) is 5.41 Å². The van der Waals surface area contributed by atoms with Crippen LogP contribution in [-0.4, -0.2) is 7.11 Å². The Bertz CT molecular complexity index is 366. The fraction of sp³-hybridized carbons (Fsp3) is 0.800. The van der Waals surface area contributed by atoms with E-state index in [1.165, 1.54) is 38.5 Å². The van der Waals surface area contributed by atoms with Gasteiger partial charge < -0.3 is 4.74 Å². The highest BCUT2D eigenvalue weighted by Gasteiger charge is 2.53. The molecule has 4 fully saturated rings. The monoisotopic (exact) mass is 231 g/mol. The van der Waals surface area contributed by atoms with Gasteiger partial charge in [-0.25, -0.2) is 0 Å². The van der Waals surface area contributed by atoms with Crippen LogP contribution in [-0.2, 0) is 4.74 Å². The van der Waals surface area contributed by atoms with Gasteiger partial charge in [-0.15, -0.1) is 0 Å². The number of ether oxygens (including phenoxy) is 1. The molecule has 0 radical (unpaired) electrons. The fourth-order valence-electron chi connectivity index (χ4n) is 5.21. The second-order valence-corrected chi connectivity index (χ2v) is 6.47. The smallest absolute Gasteiger partial charge is 0.115 e. The summed E-state index contributed by atoms with van der Waals surface area (Å²) in [6.07, 6.45) is 8.09. The molecule has 92 valence electrons. The molecule has 0 saturated heterocycles. The lowest BCUT2D eigenvalue weighted by atomic mass is 9.49. The van der Waals surface area contributed by atoms with Crippen molar-refractivity contribution < 1.29 is 4.74 Å². The number of rotatable bonds is 2. The Hall–Kier alpha value is -0.970. The standard InChI is InChI=1S/C15H21NO/c1-10(9-16)14(17-2)15-6-11-3-12(7-15)5-13(4-11)8-15/h11-13H,3-8H2,1-2H3/b14-10-. The van der Waals surface area contributed by atoms with E-state index in [9.17, 15) is 0 Å². The summed E-state index contributed by atoms with van der Waals surface area (Å²) in [6.45, 7) is 1.91. The molecule has 0 atom stereocenters. The average molecular weight is 231 g/mol. The minimum atomic E-state index is 0.226. The maximum Gasteiger partial charge on any atom is 0.115 e. The molecule has 0 aromatic rings. The number of hydrogen-bond acceptors (Lipinski definition) is 2. The molecule has 0 aromatic heterocycles. The van der Waals surface area contributed by atoms with Gasteiger partial charge in [-0.05, 0) is 63.2 Å². The molecular weight excluding hydrogens is 210 g/mol. The topological polar surface area (TPSA) is 33.0 Å². The number of nitrogens with zero attached hydrogens (tertiary/aromatic N) is 1. The van der Waals surface area contributed by atoms with Gasteiger partial charge in [0.2, 0.25) is 0 Å². The molecule has 0 amide bonds. The minimum Gasteiger partial charge on any atom is -0.499 e. The van der Waals surface area contributed by atoms with Crippen molar-refractivity contribution in [3.8, 4) is 6.07 Å². The Kier molecular flexibility index (Phi) is 2.47. The van der Waals surface area contributed by atoms with E-state index in [0.29, 0.717) is 0 Å². The van der Waals surface area contributed by atoms with Crippen molar-refractivity contribution in [3.05, 3.63) is 11.3 Å². The Morgan fingerprint density at radius 1 is 1.12 bits per heavy atom. The van der Waals surface area contributed by atoms with Gasteiger partial charge in [0.05, 0.1) is 18.8 Å². The Morgan fingerprint density at radius 2 is 1.59 bits per heavy atom. The van der Waals surface area contributed by atoms with Crippen LogP contribution in [0.2, 0.25) is 0 Å². The Morgan fingerprint density at radius 3 is 1.94 bits per heavy atom. The van der Waals surface area contributed by atoms with E-state index in [4.69, 9.17) is 10.00 Å². The first-order valence-corrected chi connectivity index (χ1v) is 6.82. The van der Waals surface area contributed by atoms with Crippen molar-refractivity contribution >= 4 is 0 Å². The predicted octanol–water partition coefficient (Wildman–Crippen LogP) is 3.65. The molecule has 4 bridgehead atoms. The number of allylic oxidation sites excluding steroid dienone is 2. The van der Waals surface area contributed by atoms with Gasteiger partial charge in [-0.2, -0.15) is 5.26 Å². The van der Waals surface area contributed by atoms with Crippen LogP contribution < -0.4 is 0 Å². The van der Waals surface area contributed by atoms with Crippen molar-refractivity contribution in [1.82, 2.24) is 0 Å². The van der Waals surface area contributed by atoms with E-state index >= 15 is 0 Å². The van der Waals surface area contributed by atoms with Gasteiger partial charge in [-0.1, -0.05) is 0 Å². The third-order valence-corrected chi connectivity index (χ3v) is 5.23. The first-order valence-electron chi connectivity index (χ1n) is 6.82. The van der Waals surface area contributed by atoms with Crippen molar-refractivity contribution in [2.24, 2.45) is 23.2 Å². The highest BCUT2D eigenvalue weighted by Crippen LogP contribution is 2.63. The predicted molar refractivity (Wildman–Crippen MR) is 65.9 cm³/mol. The SMILES string of the molecule is CO/C(=C(/C)C#N)C12CC3CC(CC(C3)C1)C2. The van der Waals surface area contributed by atoms with Gasteiger partial charge in [0.15, 0.2) is 0 Å². The van der Waals surface area contributed by atoms with Crippen LogP contribution in [0.4, 0.5) is 0 Å². The van der Waals surface area contributed by atoms with E-state index in [0.717, 1.165) is 29.1 Å². The molecule has 0 N–H and O–H groups in total. The number of methoxy groups -OCH3 is 1. The third kappa shape index (κ3) is 1.59. The summed E-state index contributed by atoms with van der Waals surface area (Å²) in [5, 5.41) is 9.15. The maximum absolute atomic E-state index is 9.15. The van der Waals surface area contributed by atoms with Crippen LogP contribution >= 0.6 is 0 Å². The molecule has 0 aliphatic heterocycles. The molecule has 4 saturated carbocycles. The second kappa shape index (κ2) is 3.77. The van der Waals surface area contributed by atoms with Crippen molar-refractivity contribution in [3.63, 3.8) is 0 Å². The maximum atomic E-state index is 9.15. The number of hydrogen-bond donors (Lipinski definition) is 0. The molecule has 4 aliphatic carbocycles. The normalized spacial score (nSPS) is 44.2.